The molecule has 2 fully saturated rings. The van der Waals surface area contributed by atoms with Gasteiger partial charge in [-0.15, -0.1) is 0 Å². The van der Waals surface area contributed by atoms with Gasteiger partial charge in [-0.1, -0.05) is 49.4 Å². The summed E-state index contributed by atoms with van der Waals surface area (Å²) in [5, 5.41) is 10.3. The van der Waals surface area contributed by atoms with Crippen molar-refractivity contribution in [1.29, 1.82) is 0 Å². The van der Waals surface area contributed by atoms with E-state index < -0.39 is 11.4 Å². The summed E-state index contributed by atoms with van der Waals surface area (Å²) in [5.41, 5.74) is 4.74. The number of para-hydroxylation sites is 1. The number of fused-ring (bicyclic) bond motifs is 1. The zero-order chi connectivity index (χ0) is 22.5. The predicted octanol–water partition coefficient (Wildman–Crippen LogP) is 4.46. The summed E-state index contributed by atoms with van der Waals surface area (Å²) in [6.45, 7) is 3.21. The Balaban J connectivity index is 1.38. The molecule has 1 saturated carbocycles. The van der Waals surface area contributed by atoms with E-state index in [0.717, 1.165) is 30.4 Å². The third-order valence-corrected chi connectivity index (χ3v) is 7.98. The Hall–Kier alpha value is -3.08. The Labute approximate surface area is 189 Å². The molecule has 2 aliphatic heterocycles. The number of aliphatic carboxylic acids is 1. The Bertz CT molecular complexity index is 1100. The number of piperidine rings is 1. The van der Waals surface area contributed by atoms with Crippen LogP contribution in [0.15, 0.2) is 54.7 Å². The lowest BCUT2D eigenvalue weighted by Gasteiger charge is -2.34. The summed E-state index contributed by atoms with van der Waals surface area (Å²) >= 11 is 0. The van der Waals surface area contributed by atoms with E-state index in [4.69, 9.17) is 0 Å². The summed E-state index contributed by atoms with van der Waals surface area (Å²) in [6, 6.07) is 16.6. The Morgan fingerprint density at radius 3 is 2.38 bits per heavy atom. The molecule has 166 valence electrons. The number of likely N-dealkylation sites (tertiary alicyclic amines) is 1. The van der Waals surface area contributed by atoms with E-state index in [-0.39, 0.29) is 11.3 Å². The van der Waals surface area contributed by atoms with E-state index in [1.165, 1.54) is 16.8 Å². The number of amides is 1. The minimum absolute atomic E-state index is 0.165. The molecule has 0 bridgehead atoms. The van der Waals surface area contributed by atoms with Crippen LogP contribution in [0, 0.1) is 5.41 Å². The van der Waals surface area contributed by atoms with E-state index in [2.05, 4.69) is 54.5 Å². The second-order valence-electron chi connectivity index (χ2n) is 9.55. The van der Waals surface area contributed by atoms with E-state index >= 15 is 0 Å². The minimum atomic E-state index is -0.822. The highest BCUT2D eigenvalue weighted by molar-refractivity contribution is 5.88. The fraction of sp³-hybridized carbons (Fsp3) is 0.407. The standard InChI is InChI=1S/C27H30N2O3/c1-3-24(30)29-14-12-26(13-15-29)18-27(26,25(31)32)22-10-8-19(9-11-22)21-16-20-6-4-5-7-23(20)28(2)17-21/h4-11,17H,3,12-16,18H2,1-2H3,(H,31,32)/t27-/m1/s1. The van der Waals surface area contributed by atoms with Crippen LogP contribution in [0.25, 0.3) is 5.57 Å². The molecule has 1 atom stereocenters. The molecule has 0 unspecified atom stereocenters. The van der Waals surface area contributed by atoms with Crippen molar-refractivity contribution < 1.29 is 14.7 Å². The third kappa shape index (κ3) is 3.06. The second kappa shape index (κ2) is 7.51. The van der Waals surface area contributed by atoms with Gasteiger partial charge >= 0.3 is 5.97 Å². The molecule has 1 saturated heterocycles. The van der Waals surface area contributed by atoms with Crippen molar-refractivity contribution in [2.75, 3.05) is 25.0 Å². The molecule has 0 radical (unpaired) electrons. The molecule has 1 amide bonds. The number of hydrogen-bond donors (Lipinski definition) is 1. The molecule has 5 rings (SSSR count). The smallest absolute Gasteiger partial charge is 0.314 e. The van der Waals surface area contributed by atoms with Crippen molar-refractivity contribution in [3.8, 4) is 0 Å². The number of allylic oxidation sites excluding steroid dienone is 1. The number of rotatable bonds is 4. The van der Waals surface area contributed by atoms with Crippen LogP contribution in [0.4, 0.5) is 5.69 Å². The molecule has 0 aromatic heterocycles. The lowest BCUT2D eigenvalue weighted by atomic mass is 9.79. The lowest BCUT2D eigenvalue weighted by Crippen LogP contribution is -2.42. The predicted molar refractivity (Wildman–Crippen MR) is 125 cm³/mol. The highest BCUT2D eigenvalue weighted by atomic mass is 16.4. The first-order valence-electron chi connectivity index (χ1n) is 11.5. The zero-order valence-corrected chi connectivity index (χ0v) is 18.8. The van der Waals surface area contributed by atoms with Crippen molar-refractivity contribution >= 4 is 23.1 Å². The number of nitrogens with zero attached hydrogens (tertiary/aromatic N) is 2. The molecule has 32 heavy (non-hydrogen) atoms. The van der Waals surface area contributed by atoms with Gasteiger partial charge in [-0.2, -0.15) is 0 Å². The van der Waals surface area contributed by atoms with Crippen LogP contribution < -0.4 is 4.90 Å². The quantitative estimate of drug-likeness (QED) is 0.778. The Morgan fingerprint density at radius 1 is 1.03 bits per heavy atom. The lowest BCUT2D eigenvalue weighted by molar-refractivity contribution is -0.141. The van der Waals surface area contributed by atoms with Crippen molar-refractivity contribution in [2.24, 2.45) is 5.41 Å². The summed E-state index contributed by atoms with van der Waals surface area (Å²) in [6.07, 6.45) is 5.74. The molecule has 2 aromatic carbocycles. The number of anilines is 1. The fourth-order valence-corrected chi connectivity index (χ4v) is 6.01. The molecule has 1 N–H and O–H groups in total. The normalized spacial score (nSPS) is 23.5. The van der Waals surface area contributed by atoms with Crippen LogP contribution in [-0.2, 0) is 21.4 Å². The summed E-state index contributed by atoms with van der Waals surface area (Å²) in [7, 11) is 2.06. The average Bonchev–Trinajstić information content (AvgIpc) is 3.48. The van der Waals surface area contributed by atoms with Gasteiger partial charge in [0.15, 0.2) is 0 Å². The van der Waals surface area contributed by atoms with Crippen molar-refractivity contribution in [3.63, 3.8) is 0 Å². The van der Waals surface area contributed by atoms with Gasteiger partial charge in [0.1, 0.15) is 0 Å². The molecular weight excluding hydrogens is 400 g/mol. The Kier molecular flexibility index (Phi) is 4.88. The molecule has 5 nitrogen and oxygen atoms in total. The molecule has 2 heterocycles. The van der Waals surface area contributed by atoms with E-state index in [1.807, 2.05) is 24.0 Å². The van der Waals surface area contributed by atoms with Crippen LogP contribution in [-0.4, -0.2) is 42.0 Å². The summed E-state index contributed by atoms with van der Waals surface area (Å²) in [5.74, 6) is -0.566. The third-order valence-electron chi connectivity index (χ3n) is 7.98. The number of carboxylic acids is 1. The van der Waals surface area contributed by atoms with Gasteiger partial charge in [0.2, 0.25) is 5.91 Å². The molecule has 5 heteroatoms. The number of carboxylic acid groups (broad SMARTS) is 1. The first-order chi connectivity index (χ1) is 15.4. The second-order valence-corrected chi connectivity index (χ2v) is 9.55. The van der Waals surface area contributed by atoms with E-state index in [1.54, 1.807) is 0 Å². The van der Waals surface area contributed by atoms with Gasteiger partial charge in [-0.25, -0.2) is 0 Å². The molecule has 3 aliphatic rings. The zero-order valence-electron chi connectivity index (χ0n) is 18.8. The minimum Gasteiger partial charge on any atom is -0.481 e. The van der Waals surface area contributed by atoms with Gasteiger partial charge in [-0.05, 0) is 53.0 Å². The van der Waals surface area contributed by atoms with Gasteiger partial charge in [0.05, 0.1) is 5.41 Å². The first kappa shape index (κ1) is 20.8. The Morgan fingerprint density at radius 2 is 1.72 bits per heavy atom. The number of carbonyl (C=O) groups is 2. The van der Waals surface area contributed by atoms with Crippen LogP contribution >= 0.6 is 0 Å². The molecule has 1 spiro atoms. The van der Waals surface area contributed by atoms with Gasteiger partial charge in [-0.3, -0.25) is 9.59 Å². The highest BCUT2D eigenvalue weighted by Gasteiger charge is 2.72. The topological polar surface area (TPSA) is 60.9 Å². The first-order valence-corrected chi connectivity index (χ1v) is 11.5. The number of carbonyl (C=O) groups excluding carboxylic acids is 1. The number of hydrogen-bond acceptors (Lipinski definition) is 3. The molecule has 1 aliphatic carbocycles. The van der Waals surface area contributed by atoms with E-state index in [0.29, 0.717) is 25.9 Å². The van der Waals surface area contributed by atoms with E-state index in [9.17, 15) is 14.7 Å². The van der Waals surface area contributed by atoms with Gasteiger partial charge in [0, 0.05) is 44.9 Å². The van der Waals surface area contributed by atoms with Crippen LogP contribution in [0.2, 0.25) is 0 Å². The van der Waals surface area contributed by atoms with Gasteiger partial charge < -0.3 is 14.9 Å². The maximum absolute atomic E-state index is 12.5. The summed E-state index contributed by atoms with van der Waals surface area (Å²) in [4.78, 5) is 28.6. The van der Waals surface area contributed by atoms with Crippen molar-refractivity contribution in [3.05, 3.63) is 71.4 Å². The average molecular weight is 431 g/mol. The highest BCUT2D eigenvalue weighted by Crippen LogP contribution is 2.69. The SMILES string of the molecule is CCC(=O)N1CCC2(CC1)C[C@]2(C(=O)O)c1ccc(C2=CN(C)c3ccccc3C2)cc1. The van der Waals surface area contributed by atoms with Crippen LogP contribution in [0.3, 0.4) is 0 Å². The van der Waals surface area contributed by atoms with Gasteiger partial charge in [0.25, 0.3) is 0 Å². The maximum atomic E-state index is 12.5. The summed E-state index contributed by atoms with van der Waals surface area (Å²) < 4.78 is 0. The van der Waals surface area contributed by atoms with Crippen LogP contribution in [0.1, 0.15) is 49.3 Å². The van der Waals surface area contributed by atoms with Crippen molar-refractivity contribution in [2.45, 2.75) is 44.4 Å². The maximum Gasteiger partial charge on any atom is 0.314 e. The number of benzene rings is 2. The molecule has 2 aromatic rings. The van der Waals surface area contributed by atoms with Crippen LogP contribution in [0.5, 0.6) is 0 Å². The van der Waals surface area contributed by atoms with Crippen molar-refractivity contribution in [1.82, 2.24) is 4.90 Å². The monoisotopic (exact) mass is 430 g/mol. The fourth-order valence-electron chi connectivity index (χ4n) is 6.01. The largest absolute Gasteiger partial charge is 0.481 e. The molecular formula is C27H30N2O3.